The molecule has 0 fully saturated rings. The molecule has 0 radical (unpaired) electrons. The summed E-state index contributed by atoms with van der Waals surface area (Å²) in [6.45, 7) is 2.13. The van der Waals surface area contributed by atoms with Crippen LogP contribution in [0.5, 0.6) is 0 Å². The van der Waals surface area contributed by atoms with Crippen LogP contribution < -0.4 is 0 Å². The molecule has 0 amide bonds. The number of alkyl halides is 1. The molecule has 3 heteroatoms. The van der Waals surface area contributed by atoms with E-state index in [0.717, 1.165) is 16.6 Å². The Hall–Kier alpha value is -1.87. The van der Waals surface area contributed by atoms with Crippen LogP contribution in [0.25, 0.3) is 16.8 Å². The van der Waals surface area contributed by atoms with Crippen LogP contribution in [0.4, 0.5) is 0 Å². The summed E-state index contributed by atoms with van der Waals surface area (Å²) in [4.78, 5) is 0. The quantitative estimate of drug-likeness (QED) is 0.635. The Morgan fingerprint density at radius 2 is 1.85 bits per heavy atom. The number of aromatic nitrogens is 2. The highest BCUT2D eigenvalue weighted by Gasteiger charge is 2.04. The first-order valence-electron chi connectivity index (χ1n) is 6.54. The minimum Gasteiger partial charge on any atom is -0.240 e. The van der Waals surface area contributed by atoms with E-state index in [9.17, 15) is 0 Å². The Morgan fingerprint density at radius 1 is 1.05 bits per heavy atom. The standard InChI is InChI=1S/C17H15BrN2/c1-13-9-17(8-7-15(13)10-18)20-12-16(11-19-20)14-5-3-2-4-6-14/h2-9,11-12H,10H2,1H3. The van der Waals surface area contributed by atoms with Gasteiger partial charge in [-0.1, -0.05) is 52.3 Å². The lowest BCUT2D eigenvalue weighted by Gasteiger charge is -2.06. The lowest BCUT2D eigenvalue weighted by Crippen LogP contribution is -1.96. The first-order valence-corrected chi connectivity index (χ1v) is 7.66. The van der Waals surface area contributed by atoms with Gasteiger partial charge >= 0.3 is 0 Å². The van der Waals surface area contributed by atoms with Gasteiger partial charge in [0.15, 0.2) is 0 Å². The van der Waals surface area contributed by atoms with Gasteiger partial charge in [0.25, 0.3) is 0 Å². The van der Waals surface area contributed by atoms with E-state index in [1.807, 2.05) is 29.1 Å². The van der Waals surface area contributed by atoms with Gasteiger partial charge < -0.3 is 0 Å². The fraction of sp³-hybridized carbons (Fsp3) is 0.118. The molecular formula is C17H15BrN2. The molecule has 3 rings (SSSR count). The van der Waals surface area contributed by atoms with E-state index in [2.05, 4.69) is 64.5 Å². The largest absolute Gasteiger partial charge is 0.240 e. The van der Waals surface area contributed by atoms with Gasteiger partial charge in [0.2, 0.25) is 0 Å². The first-order chi connectivity index (χ1) is 9.78. The molecule has 20 heavy (non-hydrogen) atoms. The summed E-state index contributed by atoms with van der Waals surface area (Å²) in [5, 5.41) is 5.35. The van der Waals surface area contributed by atoms with Gasteiger partial charge in [-0.05, 0) is 35.7 Å². The van der Waals surface area contributed by atoms with E-state index < -0.39 is 0 Å². The van der Waals surface area contributed by atoms with Crippen molar-refractivity contribution < 1.29 is 0 Å². The van der Waals surface area contributed by atoms with Gasteiger partial charge in [-0.2, -0.15) is 5.10 Å². The number of nitrogens with zero attached hydrogens (tertiary/aromatic N) is 2. The highest BCUT2D eigenvalue weighted by Crippen LogP contribution is 2.21. The van der Waals surface area contributed by atoms with E-state index in [-0.39, 0.29) is 0 Å². The second-order valence-corrected chi connectivity index (χ2v) is 5.34. The van der Waals surface area contributed by atoms with Crippen LogP contribution in [-0.4, -0.2) is 9.78 Å². The molecule has 0 atom stereocenters. The third kappa shape index (κ3) is 2.54. The van der Waals surface area contributed by atoms with E-state index in [4.69, 9.17) is 0 Å². The molecule has 2 aromatic carbocycles. The number of aryl methyl sites for hydroxylation is 1. The fourth-order valence-corrected chi connectivity index (χ4v) is 2.85. The van der Waals surface area contributed by atoms with E-state index in [1.165, 1.54) is 16.7 Å². The van der Waals surface area contributed by atoms with Crippen LogP contribution in [0.15, 0.2) is 60.9 Å². The van der Waals surface area contributed by atoms with Gasteiger partial charge in [-0.25, -0.2) is 4.68 Å². The summed E-state index contributed by atoms with van der Waals surface area (Å²) >= 11 is 3.50. The van der Waals surface area contributed by atoms with Crippen molar-refractivity contribution in [1.29, 1.82) is 0 Å². The Kier molecular flexibility index (Phi) is 3.70. The molecule has 2 nitrogen and oxygen atoms in total. The minimum atomic E-state index is 0.882. The van der Waals surface area contributed by atoms with Crippen LogP contribution in [0.1, 0.15) is 11.1 Å². The highest BCUT2D eigenvalue weighted by molar-refractivity contribution is 9.08. The number of halogens is 1. The number of hydrogen-bond acceptors (Lipinski definition) is 1. The molecule has 0 aliphatic rings. The van der Waals surface area contributed by atoms with Gasteiger partial charge in [0, 0.05) is 17.1 Å². The molecule has 0 bridgehead atoms. The zero-order chi connectivity index (χ0) is 13.9. The molecule has 1 heterocycles. The SMILES string of the molecule is Cc1cc(-n2cc(-c3ccccc3)cn2)ccc1CBr. The maximum Gasteiger partial charge on any atom is 0.0648 e. The normalized spacial score (nSPS) is 10.7. The minimum absolute atomic E-state index is 0.882. The predicted octanol–water partition coefficient (Wildman–Crippen LogP) is 4.74. The van der Waals surface area contributed by atoms with Crippen molar-refractivity contribution >= 4 is 15.9 Å². The summed E-state index contributed by atoms with van der Waals surface area (Å²) in [7, 11) is 0. The lowest BCUT2D eigenvalue weighted by molar-refractivity contribution is 0.878. The third-order valence-electron chi connectivity index (χ3n) is 3.42. The zero-order valence-electron chi connectivity index (χ0n) is 11.3. The Morgan fingerprint density at radius 3 is 2.55 bits per heavy atom. The summed E-state index contributed by atoms with van der Waals surface area (Å²) in [5.41, 5.74) is 6.00. The van der Waals surface area contributed by atoms with Crippen LogP contribution in [0, 0.1) is 6.92 Å². The topological polar surface area (TPSA) is 17.8 Å². The number of benzene rings is 2. The second-order valence-electron chi connectivity index (χ2n) is 4.78. The van der Waals surface area contributed by atoms with Gasteiger partial charge in [0.1, 0.15) is 0 Å². The smallest absolute Gasteiger partial charge is 0.0648 e. The predicted molar refractivity (Wildman–Crippen MR) is 86.4 cm³/mol. The van der Waals surface area contributed by atoms with Crippen molar-refractivity contribution in [2.75, 3.05) is 0 Å². The summed E-state index contributed by atoms with van der Waals surface area (Å²) in [5.74, 6) is 0. The molecule has 0 aliphatic carbocycles. The molecule has 0 saturated heterocycles. The lowest BCUT2D eigenvalue weighted by atomic mass is 10.1. The van der Waals surface area contributed by atoms with E-state index in [1.54, 1.807) is 0 Å². The average Bonchev–Trinajstić information content (AvgIpc) is 2.98. The molecule has 0 unspecified atom stereocenters. The van der Waals surface area contributed by atoms with Crippen molar-refractivity contribution in [3.05, 3.63) is 72.1 Å². The van der Waals surface area contributed by atoms with Gasteiger partial charge in [0.05, 0.1) is 11.9 Å². The van der Waals surface area contributed by atoms with Crippen LogP contribution in [0.3, 0.4) is 0 Å². The fourth-order valence-electron chi connectivity index (χ4n) is 2.22. The van der Waals surface area contributed by atoms with Gasteiger partial charge in [-0.15, -0.1) is 0 Å². The van der Waals surface area contributed by atoms with Crippen LogP contribution in [-0.2, 0) is 5.33 Å². The monoisotopic (exact) mass is 326 g/mol. The van der Waals surface area contributed by atoms with Crippen molar-refractivity contribution in [1.82, 2.24) is 9.78 Å². The Labute approximate surface area is 127 Å². The molecule has 0 spiro atoms. The second kappa shape index (κ2) is 5.63. The molecule has 3 aromatic rings. The van der Waals surface area contributed by atoms with Crippen LogP contribution >= 0.6 is 15.9 Å². The molecule has 0 aliphatic heterocycles. The Balaban J connectivity index is 1.96. The number of rotatable bonds is 3. The zero-order valence-corrected chi connectivity index (χ0v) is 12.8. The van der Waals surface area contributed by atoms with Crippen LogP contribution in [0.2, 0.25) is 0 Å². The van der Waals surface area contributed by atoms with Crippen molar-refractivity contribution in [2.24, 2.45) is 0 Å². The molecule has 100 valence electrons. The van der Waals surface area contributed by atoms with E-state index >= 15 is 0 Å². The van der Waals surface area contributed by atoms with E-state index in [0.29, 0.717) is 0 Å². The average molecular weight is 327 g/mol. The first kappa shape index (κ1) is 13.1. The van der Waals surface area contributed by atoms with Gasteiger partial charge in [-0.3, -0.25) is 0 Å². The van der Waals surface area contributed by atoms with Crippen molar-refractivity contribution in [3.8, 4) is 16.8 Å². The highest BCUT2D eigenvalue weighted by atomic mass is 79.9. The molecular weight excluding hydrogens is 312 g/mol. The molecule has 0 saturated carbocycles. The number of hydrogen-bond donors (Lipinski definition) is 0. The third-order valence-corrected chi connectivity index (χ3v) is 4.03. The molecule has 0 N–H and O–H groups in total. The van der Waals surface area contributed by atoms with Crippen molar-refractivity contribution in [2.45, 2.75) is 12.3 Å². The maximum atomic E-state index is 4.46. The molecule has 1 aromatic heterocycles. The summed E-state index contributed by atoms with van der Waals surface area (Å²) < 4.78 is 1.92. The van der Waals surface area contributed by atoms with Crippen molar-refractivity contribution in [3.63, 3.8) is 0 Å². The summed E-state index contributed by atoms with van der Waals surface area (Å²) in [6, 6.07) is 16.7. The summed E-state index contributed by atoms with van der Waals surface area (Å²) in [6.07, 6.45) is 3.97. The Bertz CT molecular complexity index is 717. The maximum absolute atomic E-state index is 4.46.